The van der Waals surface area contributed by atoms with Crippen LogP contribution in [0.1, 0.15) is 58.2 Å². The van der Waals surface area contributed by atoms with Crippen molar-refractivity contribution in [2.45, 2.75) is 61.2 Å². The van der Waals surface area contributed by atoms with E-state index in [4.69, 9.17) is 0 Å². The summed E-state index contributed by atoms with van der Waals surface area (Å²) in [4.78, 5) is 24.1. The van der Waals surface area contributed by atoms with E-state index in [1.807, 2.05) is 47.9 Å². The minimum atomic E-state index is -0.0496. The van der Waals surface area contributed by atoms with Crippen LogP contribution in [0.2, 0.25) is 0 Å². The molecule has 0 fully saturated rings. The van der Waals surface area contributed by atoms with E-state index in [1.165, 1.54) is 19.4 Å². The van der Waals surface area contributed by atoms with Gasteiger partial charge >= 0.3 is 0 Å². The van der Waals surface area contributed by atoms with Gasteiger partial charge in [0.25, 0.3) is 0 Å². The highest BCUT2D eigenvalue weighted by molar-refractivity contribution is 5.73. The molecular weight excluding hydrogens is 302 g/mol. The molecule has 0 saturated heterocycles. The Labute approximate surface area is 147 Å². The summed E-state index contributed by atoms with van der Waals surface area (Å²) >= 11 is 0. The SMILES string of the molecule is CC.CC.CC(=O)NCc1cc(CNC(C)=O)cc(CN(C)C)c1. The number of rotatable bonds is 6. The molecule has 24 heavy (non-hydrogen) atoms. The molecule has 2 amide bonds. The molecule has 0 aliphatic rings. The van der Waals surface area contributed by atoms with Gasteiger partial charge in [-0.15, -0.1) is 0 Å². The lowest BCUT2D eigenvalue weighted by Crippen LogP contribution is -2.21. The molecule has 0 aliphatic heterocycles. The van der Waals surface area contributed by atoms with Crippen molar-refractivity contribution in [2.24, 2.45) is 0 Å². The summed E-state index contributed by atoms with van der Waals surface area (Å²) in [6, 6.07) is 6.16. The molecule has 0 aliphatic carbocycles. The first-order valence-corrected chi connectivity index (χ1v) is 8.62. The van der Waals surface area contributed by atoms with Crippen LogP contribution in [0.4, 0.5) is 0 Å². The van der Waals surface area contributed by atoms with Crippen LogP contribution in [0.15, 0.2) is 18.2 Å². The van der Waals surface area contributed by atoms with Crippen LogP contribution in [0.3, 0.4) is 0 Å². The fraction of sp³-hybridized carbons (Fsp3) is 0.579. The van der Waals surface area contributed by atoms with Gasteiger partial charge in [0.15, 0.2) is 0 Å². The highest BCUT2D eigenvalue weighted by Crippen LogP contribution is 2.12. The van der Waals surface area contributed by atoms with Crippen LogP contribution in [0, 0.1) is 0 Å². The second-order valence-corrected chi connectivity index (χ2v) is 5.22. The minimum Gasteiger partial charge on any atom is -0.352 e. The minimum absolute atomic E-state index is 0.0496. The number of nitrogens with one attached hydrogen (secondary N) is 2. The Kier molecular flexibility index (Phi) is 14.9. The van der Waals surface area contributed by atoms with Crippen molar-refractivity contribution in [1.29, 1.82) is 0 Å². The van der Waals surface area contributed by atoms with Crippen molar-refractivity contribution in [3.05, 3.63) is 34.9 Å². The van der Waals surface area contributed by atoms with Crippen LogP contribution in [-0.2, 0) is 29.2 Å². The van der Waals surface area contributed by atoms with Gasteiger partial charge in [-0.05, 0) is 30.8 Å². The zero-order valence-corrected chi connectivity index (χ0v) is 16.6. The van der Waals surface area contributed by atoms with E-state index in [2.05, 4.69) is 27.7 Å². The molecule has 0 saturated carbocycles. The van der Waals surface area contributed by atoms with Crippen molar-refractivity contribution in [1.82, 2.24) is 15.5 Å². The van der Waals surface area contributed by atoms with Gasteiger partial charge in [0.05, 0.1) is 0 Å². The first-order valence-electron chi connectivity index (χ1n) is 8.62. The fourth-order valence-electron chi connectivity index (χ4n) is 1.95. The maximum Gasteiger partial charge on any atom is 0.217 e. The number of amides is 2. The number of hydrogen-bond acceptors (Lipinski definition) is 3. The third-order valence-corrected chi connectivity index (χ3v) is 2.69. The van der Waals surface area contributed by atoms with Crippen LogP contribution in [-0.4, -0.2) is 30.8 Å². The van der Waals surface area contributed by atoms with E-state index in [1.54, 1.807) is 0 Å². The molecule has 0 radical (unpaired) electrons. The van der Waals surface area contributed by atoms with Gasteiger partial charge in [-0.3, -0.25) is 9.59 Å². The maximum atomic E-state index is 11.0. The Morgan fingerprint density at radius 1 is 0.792 bits per heavy atom. The number of carbonyl (C=O) groups is 2. The molecule has 5 nitrogen and oxygen atoms in total. The third-order valence-electron chi connectivity index (χ3n) is 2.69. The lowest BCUT2D eigenvalue weighted by Gasteiger charge is -2.14. The number of carbonyl (C=O) groups excluding carboxylic acids is 2. The molecule has 2 N–H and O–H groups in total. The first-order chi connectivity index (χ1) is 11.4. The molecule has 1 aromatic carbocycles. The van der Waals surface area contributed by atoms with Crippen molar-refractivity contribution in [3.8, 4) is 0 Å². The number of nitrogens with zero attached hydrogens (tertiary/aromatic N) is 1. The van der Waals surface area contributed by atoms with Gasteiger partial charge in [0, 0.05) is 33.5 Å². The lowest BCUT2D eigenvalue weighted by atomic mass is 10.0. The molecule has 1 aromatic rings. The molecular formula is C19H35N3O2. The molecule has 0 spiro atoms. The Bertz CT molecular complexity index is 449. The van der Waals surface area contributed by atoms with Gasteiger partial charge in [-0.2, -0.15) is 0 Å². The van der Waals surface area contributed by atoms with E-state index in [0.717, 1.165) is 17.7 Å². The van der Waals surface area contributed by atoms with Gasteiger partial charge in [-0.1, -0.05) is 45.9 Å². The second kappa shape index (κ2) is 14.7. The first kappa shape index (κ1) is 24.4. The number of hydrogen-bond donors (Lipinski definition) is 2. The summed E-state index contributed by atoms with van der Waals surface area (Å²) in [5.74, 6) is -0.0992. The predicted molar refractivity (Wildman–Crippen MR) is 102 cm³/mol. The van der Waals surface area contributed by atoms with E-state index >= 15 is 0 Å². The van der Waals surface area contributed by atoms with Crippen LogP contribution >= 0.6 is 0 Å². The van der Waals surface area contributed by atoms with Crippen molar-refractivity contribution in [2.75, 3.05) is 14.1 Å². The van der Waals surface area contributed by atoms with Gasteiger partial charge in [-0.25, -0.2) is 0 Å². The Hall–Kier alpha value is -1.88. The predicted octanol–water partition coefficient (Wildman–Crippen LogP) is 3.07. The summed E-state index contributed by atoms with van der Waals surface area (Å²) in [6.45, 7) is 12.8. The maximum absolute atomic E-state index is 11.0. The molecule has 0 heterocycles. The van der Waals surface area contributed by atoms with E-state index < -0.39 is 0 Å². The Balaban J connectivity index is 0. The molecule has 0 unspecified atom stereocenters. The largest absolute Gasteiger partial charge is 0.352 e. The van der Waals surface area contributed by atoms with Crippen molar-refractivity contribution < 1.29 is 9.59 Å². The average Bonchev–Trinajstić information content (AvgIpc) is 2.54. The monoisotopic (exact) mass is 337 g/mol. The second-order valence-electron chi connectivity index (χ2n) is 5.22. The van der Waals surface area contributed by atoms with E-state index in [0.29, 0.717) is 13.1 Å². The third kappa shape index (κ3) is 12.6. The molecule has 0 aromatic heterocycles. The molecule has 1 rings (SSSR count). The smallest absolute Gasteiger partial charge is 0.217 e. The lowest BCUT2D eigenvalue weighted by molar-refractivity contribution is -0.119. The summed E-state index contributed by atoms with van der Waals surface area (Å²) in [5, 5.41) is 5.59. The summed E-state index contributed by atoms with van der Waals surface area (Å²) < 4.78 is 0. The van der Waals surface area contributed by atoms with Crippen molar-refractivity contribution in [3.63, 3.8) is 0 Å². The summed E-state index contributed by atoms with van der Waals surface area (Å²) in [5.41, 5.74) is 3.25. The zero-order chi connectivity index (χ0) is 19.1. The quantitative estimate of drug-likeness (QED) is 0.838. The molecule has 0 bridgehead atoms. The standard InChI is InChI=1S/C15H23N3O2.2C2H6/c1-11(19)16-8-13-5-14(9-17-12(2)20)7-15(6-13)10-18(3)4;2*1-2/h5-7H,8-10H2,1-4H3,(H,16,19)(H,17,20);2*1-2H3. The Morgan fingerprint density at radius 2 is 1.12 bits per heavy atom. The van der Waals surface area contributed by atoms with E-state index in [9.17, 15) is 9.59 Å². The zero-order valence-electron chi connectivity index (χ0n) is 16.6. The van der Waals surface area contributed by atoms with Crippen LogP contribution in [0.25, 0.3) is 0 Å². The Morgan fingerprint density at radius 3 is 1.42 bits per heavy atom. The summed E-state index contributed by atoms with van der Waals surface area (Å²) in [7, 11) is 4.02. The van der Waals surface area contributed by atoms with Crippen LogP contribution in [0.5, 0.6) is 0 Å². The highest BCUT2D eigenvalue weighted by atomic mass is 16.1. The van der Waals surface area contributed by atoms with Gasteiger partial charge in [0.1, 0.15) is 0 Å². The summed E-state index contributed by atoms with van der Waals surface area (Å²) in [6.07, 6.45) is 0. The van der Waals surface area contributed by atoms with Crippen LogP contribution < -0.4 is 10.6 Å². The fourth-order valence-corrected chi connectivity index (χ4v) is 1.95. The molecule has 0 atom stereocenters. The molecule has 5 heteroatoms. The average molecular weight is 338 g/mol. The van der Waals surface area contributed by atoms with E-state index in [-0.39, 0.29) is 11.8 Å². The molecule has 138 valence electrons. The van der Waals surface area contributed by atoms with Gasteiger partial charge < -0.3 is 15.5 Å². The number of benzene rings is 1. The topological polar surface area (TPSA) is 61.4 Å². The van der Waals surface area contributed by atoms with Crippen molar-refractivity contribution >= 4 is 11.8 Å². The highest BCUT2D eigenvalue weighted by Gasteiger charge is 2.04. The normalized spacial score (nSPS) is 9.21. The van der Waals surface area contributed by atoms with Gasteiger partial charge in [0.2, 0.25) is 11.8 Å².